The van der Waals surface area contributed by atoms with E-state index in [1.54, 1.807) is 17.0 Å². The van der Waals surface area contributed by atoms with Crippen LogP contribution in [0.1, 0.15) is 11.4 Å². The van der Waals surface area contributed by atoms with Crippen LogP contribution in [-0.4, -0.2) is 15.7 Å². The second kappa shape index (κ2) is 3.09. The summed E-state index contributed by atoms with van der Waals surface area (Å²) in [7, 11) is 1.83. The highest BCUT2D eigenvalue weighted by molar-refractivity contribution is 5.80. The highest BCUT2D eigenvalue weighted by atomic mass is 15.3. The van der Waals surface area contributed by atoms with Gasteiger partial charge in [-0.2, -0.15) is 5.10 Å². The van der Waals surface area contributed by atoms with Gasteiger partial charge in [-0.1, -0.05) is 0 Å². The minimum atomic E-state index is -0.925. The van der Waals surface area contributed by atoms with Crippen LogP contribution < -0.4 is 16.8 Å². The molecule has 0 amide bonds. The van der Waals surface area contributed by atoms with Gasteiger partial charge >= 0.3 is 0 Å². The van der Waals surface area contributed by atoms with Crippen molar-refractivity contribution in [2.24, 2.45) is 23.5 Å². The second-order valence-corrected chi connectivity index (χ2v) is 3.59. The molecule has 5 N–H and O–H groups in total. The van der Waals surface area contributed by atoms with Crippen LogP contribution >= 0.6 is 0 Å². The van der Waals surface area contributed by atoms with E-state index < -0.39 is 5.66 Å². The van der Waals surface area contributed by atoms with E-state index in [4.69, 9.17) is 11.5 Å². The van der Waals surface area contributed by atoms with Crippen molar-refractivity contribution >= 4 is 5.96 Å². The summed E-state index contributed by atoms with van der Waals surface area (Å²) in [5.41, 5.74) is 12.5. The molecule has 1 unspecified atom stereocenters. The SMILES string of the molecule is Cc1cc(C2(N)C=CNC(N)=N2)n(C)n1. The molecule has 1 aliphatic rings. The highest BCUT2D eigenvalue weighted by Gasteiger charge is 2.29. The predicted molar refractivity (Wildman–Crippen MR) is 57.7 cm³/mol. The van der Waals surface area contributed by atoms with Crippen molar-refractivity contribution in [3.63, 3.8) is 0 Å². The van der Waals surface area contributed by atoms with E-state index in [2.05, 4.69) is 15.4 Å². The molecule has 6 nitrogen and oxygen atoms in total. The Morgan fingerprint density at radius 1 is 1.53 bits per heavy atom. The molecule has 1 aliphatic heterocycles. The van der Waals surface area contributed by atoms with Gasteiger partial charge in [0, 0.05) is 13.2 Å². The molecular weight excluding hydrogens is 192 g/mol. The summed E-state index contributed by atoms with van der Waals surface area (Å²) in [4.78, 5) is 4.17. The van der Waals surface area contributed by atoms with E-state index in [-0.39, 0.29) is 0 Å². The van der Waals surface area contributed by atoms with E-state index in [0.717, 1.165) is 11.4 Å². The molecule has 80 valence electrons. The van der Waals surface area contributed by atoms with E-state index in [0.29, 0.717) is 5.96 Å². The van der Waals surface area contributed by atoms with E-state index in [1.165, 1.54) is 0 Å². The molecule has 0 radical (unpaired) electrons. The Labute approximate surface area is 87.7 Å². The van der Waals surface area contributed by atoms with Crippen LogP contribution in [0.25, 0.3) is 0 Å². The first-order valence-corrected chi connectivity index (χ1v) is 4.61. The molecule has 0 spiro atoms. The van der Waals surface area contributed by atoms with Crippen LogP contribution in [-0.2, 0) is 12.7 Å². The largest absolute Gasteiger partial charge is 0.370 e. The van der Waals surface area contributed by atoms with Crippen LogP contribution in [0.3, 0.4) is 0 Å². The number of aromatic nitrogens is 2. The van der Waals surface area contributed by atoms with Gasteiger partial charge in [-0.15, -0.1) is 0 Å². The number of rotatable bonds is 1. The molecule has 1 aromatic heterocycles. The monoisotopic (exact) mass is 206 g/mol. The first-order valence-electron chi connectivity index (χ1n) is 4.61. The van der Waals surface area contributed by atoms with Gasteiger partial charge in [0.05, 0.1) is 11.4 Å². The lowest BCUT2D eigenvalue weighted by molar-refractivity contribution is 0.519. The number of guanidine groups is 1. The molecule has 2 heterocycles. The fourth-order valence-electron chi connectivity index (χ4n) is 1.65. The molecule has 0 saturated carbocycles. The van der Waals surface area contributed by atoms with Gasteiger partial charge in [-0.05, 0) is 19.1 Å². The molecule has 0 aliphatic carbocycles. The molecule has 1 atom stereocenters. The number of nitrogens with one attached hydrogen (secondary N) is 1. The van der Waals surface area contributed by atoms with Gasteiger partial charge in [0.1, 0.15) is 0 Å². The maximum Gasteiger partial charge on any atom is 0.195 e. The quantitative estimate of drug-likeness (QED) is 0.564. The fraction of sp³-hybridized carbons (Fsp3) is 0.333. The Bertz CT molecular complexity index is 443. The Morgan fingerprint density at radius 3 is 2.80 bits per heavy atom. The Kier molecular flexibility index (Phi) is 2.01. The van der Waals surface area contributed by atoms with Crippen molar-refractivity contribution in [2.75, 3.05) is 0 Å². The lowest BCUT2D eigenvalue weighted by Crippen LogP contribution is -2.43. The average molecular weight is 206 g/mol. The number of hydrogen-bond acceptors (Lipinski definition) is 5. The van der Waals surface area contributed by atoms with Crippen molar-refractivity contribution in [3.05, 3.63) is 29.7 Å². The molecule has 15 heavy (non-hydrogen) atoms. The second-order valence-electron chi connectivity index (χ2n) is 3.59. The van der Waals surface area contributed by atoms with Crippen molar-refractivity contribution in [1.82, 2.24) is 15.1 Å². The van der Waals surface area contributed by atoms with Gasteiger partial charge in [-0.25, -0.2) is 4.99 Å². The molecule has 0 fully saturated rings. The van der Waals surface area contributed by atoms with Gasteiger partial charge in [0.15, 0.2) is 11.6 Å². The van der Waals surface area contributed by atoms with Gasteiger partial charge in [0.25, 0.3) is 0 Å². The van der Waals surface area contributed by atoms with Crippen molar-refractivity contribution in [1.29, 1.82) is 0 Å². The predicted octanol–water partition coefficient (Wildman–Crippen LogP) is -0.728. The molecule has 0 saturated heterocycles. The van der Waals surface area contributed by atoms with Crippen molar-refractivity contribution in [2.45, 2.75) is 12.6 Å². The molecular formula is C9H14N6. The summed E-state index contributed by atoms with van der Waals surface area (Å²) < 4.78 is 1.71. The smallest absolute Gasteiger partial charge is 0.195 e. The molecule has 2 rings (SSSR count). The summed E-state index contributed by atoms with van der Waals surface area (Å²) in [6, 6.07) is 1.90. The molecule has 0 bridgehead atoms. The van der Waals surface area contributed by atoms with Gasteiger partial charge < -0.3 is 11.1 Å². The maximum absolute atomic E-state index is 6.13. The molecule has 6 heteroatoms. The summed E-state index contributed by atoms with van der Waals surface area (Å²) >= 11 is 0. The summed E-state index contributed by atoms with van der Waals surface area (Å²) in [6.45, 7) is 1.91. The zero-order chi connectivity index (χ0) is 11.1. The van der Waals surface area contributed by atoms with Crippen molar-refractivity contribution < 1.29 is 0 Å². The lowest BCUT2D eigenvalue weighted by atomic mass is 10.1. The van der Waals surface area contributed by atoms with E-state index in [1.807, 2.05) is 20.0 Å². The number of nitrogens with zero attached hydrogens (tertiary/aromatic N) is 3. The third kappa shape index (κ3) is 1.59. The lowest BCUT2D eigenvalue weighted by Gasteiger charge is -2.24. The Morgan fingerprint density at radius 2 is 2.27 bits per heavy atom. The standard InChI is InChI=1S/C9H14N6/c1-6-5-7(15(2)14-6)9(11)3-4-12-8(10)13-9/h3-5H,11H2,1-2H3,(H3,10,12,13). The normalized spacial score (nSPS) is 24.9. The number of aliphatic imine (C=N–C) groups is 1. The minimum Gasteiger partial charge on any atom is -0.370 e. The van der Waals surface area contributed by atoms with E-state index >= 15 is 0 Å². The maximum atomic E-state index is 6.13. The van der Waals surface area contributed by atoms with Crippen LogP contribution in [0, 0.1) is 6.92 Å². The topological polar surface area (TPSA) is 94.2 Å². The first kappa shape index (κ1) is 9.72. The van der Waals surface area contributed by atoms with Crippen LogP contribution in [0.15, 0.2) is 23.3 Å². The molecule has 0 aromatic carbocycles. The Hall–Kier alpha value is -1.82. The third-order valence-electron chi connectivity index (χ3n) is 2.29. The van der Waals surface area contributed by atoms with E-state index in [9.17, 15) is 0 Å². The van der Waals surface area contributed by atoms with Crippen LogP contribution in [0.2, 0.25) is 0 Å². The summed E-state index contributed by atoms with van der Waals surface area (Å²) in [6.07, 6.45) is 3.44. The minimum absolute atomic E-state index is 0.304. The third-order valence-corrected chi connectivity index (χ3v) is 2.29. The van der Waals surface area contributed by atoms with Crippen LogP contribution in [0.4, 0.5) is 0 Å². The van der Waals surface area contributed by atoms with Crippen LogP contribution in [0.5, 0.6) is 0 Å². The average Bonchev–Trinajstić information content (AvgIpc) is 2.45. The summed E-state index contributed by atoms with van der Waals surface area (Å²) in [5.74, 6) is 0.304. The zero-order valence-electron chi connectivity index (χ0n) is 8.73. The van der Waals surface area contributed by atoms with Gasteiger partial charge in [0.2, 0.25) is 0 Å². The zero-order valence-corrected chi connectivity index (χ0v) is 8.73. The van der Waals surface area contributed by atoms with Gasteiger partial charge in [-0.3, -0.25) is 10.4 Å². The molecule has 1 aromatic rings. The number of nitrogens with two attached hydrogens (primary N) is 2. The fourth-order valence-corrected chi connectivity index (χ4v) is 1.65. The Balaban J connectivity index is 2.49. The highest BCUT2D eigenvalue weighted by Crippen LogP contribution is 2.23. The van der Waals surface area contributed by atoms with Crippen molar-refractivity contribution in [3.8, 4) is 0 Å². The summed E-state index contributed by atoms with van der Waals surface area (Å²) in [5, 5.41) is 7.00. The number of hydrogen-bond donors (Lipinski definition) is 3. The first-order chi connectivity index (χ1) is 7.01. The number of aryl methyl sites for hydroxylation is 2.